The molecule has 2 aliphatic rings. The van der Waals surface area contributed by atoms with Crippen molar-refractivity contribution in [2.24, 2.45) is 5.92 Å². The van der Waals surface area contributed by atoms with Gasteiger partial charge in [0.15, 0.2) is 0 Å². The monoisotopic (exact) mass is 264 g/mol. The highest BCUT2D eigenvalue weighted by Crippen LogP contribution is 2.45. The summed E-state index contributed by atoms with van der Waals surface area (Å²) in [6.07, 6.45) is 2.83. The van der Waals surface area contributed by atoms with Gasteiger partial charge in [0.05, 0.1) is 0 Å². The van der Waals surface area contributed by atoms with Crippen LogP contribution in [0.5, 0.6) is 0 Å². The van der Waals surface area contributed by atoms with Gasteiger partial charge in [-0.15, -0.1) is 0 Å². The van der Waals surface area contributed by atoms with Crippen LogP contribution in [0.1, 0.15) is 39.2 Å². The third kappa shape index (κ3) is 2.36. The van der Waals surface area contributed by atoms with Gasteiger partial charge in [-0.1, -0.05) is 0 Å². The number of rotatable bonds is 3. The van der Waals surface area contributed by atoms with Crippen LogP contribution in [0.4, 0.5) is 0 Å². The van der Waals surface area contributed by atoms with Crippen molar-refractivity contribution in [1.82, 2.24) is 10.2 Å². The van der Waals surface area contributed by atoms with Gasteiger partial charge >= 0.3 is 0 Å². The van der Waals surface area contributed by atoms with Crippen molar-refractivity contribution in [2.75, 3.05) is 13.1 Å². The molecule has 3 rings (SSSR count). The minimum atomic E-state index is 0.240. The second kappa shape index (κ2) is 4.32. The van der Waals surface area contributed by atoms with E-state index in [9.17, 15) is 0 Å². The number of hydrogen-bond donors (Lipinski definition) is 1. The van der Waals surface area contributed by atoms with Gasteiger partial charge in [0, 0.05) is 30.7 Å². The molecule has 1 saturated heterocycles. The highest BCUT2D eigenvalue weighted by molar-refractivity contribution is 7.07. The van der Waals surface area contributed by atoms with Gasteiger partial charge in [-0.25, -0.2) is 0 Å². The third-order valence-electron chi connectivity index (χ3n) is 4.64. The normalized spacial score (nSPS) is 32.6. The molecule has 2 nitrogen and oxygen atoms in total. The Hall–Kier alpha value is -0.380. The minimum Gasteiger partial charge on any atom is -0.309 e. The summed E-state index contributed by atoms with van der Waals surface area (Å²) in [4.78, 5) is 2.73. The smallest absolute Gasteiger partial charge is 0.0338 e. The number of hydrogen-bond acceptors (Lipinski definition) is 3. The summed E-state index contributed by atoms with van der Waals surface area (Å²) < 4.78 is 0. The van der Waals surface area contributed by atoms with E-state index in [-0.39, 0.29) is 5.54 Å². The van der Waals surface area contributed by atoms with E-state index >= 15 is 0 Å². The molecular formula is C15H24N2S. The first kappa shape index (κ1) is 12.6. The van der Waals surface area contributed by atoms with E-state index in [1.165, 1.54) is 18.4 Å². The summed E-state index contributed by atoms with van der Waals surface area (Å²) >= 11 is 1.81. The Morgan fingerprint density at radius 3 is 2.78 bits per heavy atom. The summed E-state index contributed by atoms with van der Waals surface area (Å²) in [5.41, 5.74) is 2.08. The van der Waals surface area contributed by atoms with E-state index in [1.807, 2.05) is 11.3 Å². The molecule has 1 aromatic heterocycles. The molecule has 1 N–H and O–H groups in total. The molecule has 0 amide bonds. The van der Waals surface area contributed by atoms with Crippen LogP contribution >= 0.6 is 11.3 Å². The molecule has 1 atom stereocenters. The minimum absolute atomic E-state index is 0.240. The van der Waals surface area contributed by atoms with Gasteiger partial charge < -0.3 is 5.32 Å². The fourth-order valence-corrected chi connectivity index (χ4v) is 3.85. The average molecular weight is 264 g/mol. The highest BCUT2D eigenvalue weighted by atomic mass is 32.1. The zero-order chi connectivity index (χ0) is 12.8. The lowest BCUT2D eigenvalue weighted by Crippen LogP contribution is -2.67. The molecule has 2 heterocycles. The van der Waals surface area contributed by atoms with Crippen LogP contribution in [-0.4, -0.2) is 29.1 Å². The van der Waals surface area contributed by atoms with Crippen LogP contribution in [-0.2, 0) is 6.54 Å². The molecule has 1 aliphatic carbocycles. The Labute approximate surface area is 114 Å². The van der Waals surface area contributed by atoms with Crippen LogP contribution in [0.3, 0.4) is 0 Å². The first-order valence-corrected chi connectivity index (χ1v) is 7.95. The van der Waals surface area contributed by atoms with Crippen LogP contribution in [0.25, 0.3) is 0 Å². The molecule has 0 aromatic carbocycles. The SMILES string of the molecule is CC1(C)CN(Cc2ccsc2)C(C)(C2CC2)CN1. The zero-order valence-electron chi connectivity index (χ0n) is 11.7. The van der Waals surface area contributed by atoms with Crippen LogP contribution in [0.2, 0.25) is 0 Å². The first-order chi connectivity index (χ1) is 8.50. The molecule has 2 fully saturated rings. The van der Waals surface area contributed by atoms with E-state index in [1.54, 1.807) is 0 Å². The summed E-state index contributed by atoms with van der Waals surface area (Å²) in [5, 5.41) is 8.23. The van der Waals surface area contributed by atoms with Gasteiger partial charge in [0.2, 0.25) is 0 Å². The van der Waals surface area contributed by atoms with E-state index in [2.05, 4.69) is 47.8 Å². The van der Waals surface area contributed by atoms with Crippen molar-refractivity contribution in [1.29, 1.82) is 0 Å². The second-order valence-electron chi connectivity index (χ2n) is 6.86. The van der Waals surface area contributed by atoms with Crippen molar-refractivity contribution in [3.63, 3.8) is 0 Å². The van der Waals surface area contributed by atoms with Gasteiger partial charge in [0.1, 0.15) is 0 Å². The largest absolute Gasteiger partial charge is 0.309 e. The molecule has 0 radical (unpaired) electrons. The maximum absolute atomic E-state index is 3.74. The second-order valence-corrected chi connectivity index (χ2v) is 7.64. The van der Waals surface area contributed by atoms with Crippen LogP contribution < -0.4 is 5.32 Å². The third-order valence-corrected chi connectivity index (χ3v) is 5.38. The first-order valence-electron chi connectivity index (χ1n) is 7.01. The molecule has 1 saturated carbocycles. The summed E-state index contributed by atoms with van der Waals surface area (Å²) in [5.74, 6) is 0.903. The molecule has 0 spiro atoms. The maximum Gasteiger partial charge on any atom is 0.0338 e. The molecule has 1 unspecified atom stereocenters. The maximum atomic E-state index is 3.74. The number of nitrogens with one attached hydrogen (secondary N) is 1. The predicted molar refractivity (Wildman–Crippen MR) is 77.9 cm³/mol. The van der Waals surface area contributed by atoms with Crippen molar-refractivity contribution >= 4 is 11.3 Å². The topological polar surface area (TPSA) is 15.3 Å². The lowest BCUT2D eigenvalue weighted by Gasteiger charge is -2.51. The Morgan fingerprint density at radius 1 is 1.39 bits per heavy atom. The van der Waals surface area contributed by atoms with Crippen molar-refractivity contribution in [3.8, 4) is 0 Å². The van der Waals surface area contributed by atoms with Crippen LogP contribution in [0, 0.1) is 5.92 Å². The molecule has 1 aliphatic heterocycles. The Morgan fingerprint density at radius 2 is 2.17 bits per heavy atom. The fraction of sp³-hybridized carbons (Fsp3) is 0.733. The fourth-order valence-electron chi connectivity index (χ4n) is 3.19. The van der Waals surface area contributed by atoms with Crippen molar-refractivity contribution in [3.05, 3.63) is 22.4 Å². The van der Waals surface area contributed by atoms with E-state index in [0.717, 1.165) is 25.6 Å². The van der Waals surface area contributed by atoms with E-state index in [4.69, 9.17) is 0 Å². The summed E-state index contributed by atoms with van der Waals surface area (Å²) in [6, 6.07) is 2.27. The number of thiophene rings is 1. The van der Waals surface area contributed by atoms with Gasteiger partial charge in [-0.2, -0.15) is 11.3 Å². The molecule has 100 valence electrons. The average Bonchev–Trinajstić information content (AvgIpc) is 3.04. The van der Waals surface area contributed by atoms with Gasteiger partial charge in [-0.05, 0) is 61.9 Å². The summed E-state index contributed by atoms with van der Waals surface area (Å²) in [7, 11) is 0. The lowest BCUT2D eigenvalue weighted by molar-refractivity contribution is 0.00529. The molecule has 18 heavy (non-hydrogen) atoms. The Bertz CT molecular complexity index is 408. The standard InChI is InChI=1S/C15H24N2S/c1-14(2)11-17(8-12-6-7-18-9-12)15(3,10-16-14)13-4-5-13/h6-7,9,13,16H,4-5,8,10-11H2,1-3H3. The zero-order valence-corrected chi connectivity index (χ0v) is 12.5. The van der Waals surface area contributed by atoms with E-state index < -0.39 is 0 Å². The summed E-state index contributed by atoms with van der Waals surface area (Å²) in [6.45, 7) is 10.5. The van der Waals surface area contributed by atoms with Crippen molar-refractivity contribution in [2.45, 2.75) is 51.2 Å². The molecular weight excluding hydrogens is 240 g/mol. The number of piperazine rings is 1. The number of nitrogens with zero attached hydrogens (tertiary/aromatic N) is 1. The predicted octanol–water partition coefficient (Wildman–Crippen LogP) is 3.10. The highest BCUT2D eigenvalue weighted by Gasteiger charge is 2.49. The molecule has 0 bridgehead atoms. The molecule has 3 heteroatoms. The molecule has 1 aromatic rings. The quantitative estimate of drug-likeness (QED) is 0.902. The Balaban J connectivity index is 1.80. The van der Waals surface area contributed by atoms with E-state index in [0.29, 0.717) is 5.54 Å². The van der Waals surface area contributed by atoms with Crippen molar-refractivity contribution < 1.29 is 0 Å². The lowest BCUT2D eigenvalue weighted by atomic mass is 9.86. The Kier molecular flexibility index (Phi) is 3.04. The van der Waals surface area contributed by atoms with Gasteiger partial charge in [-0.3, -0.25) is 4.90 Å². The van der Waals surface area contributed by atoms with Crippen LogP contribution in [0.15, 0.2) is 16.8 Å². The van der Waals surface area contributed by atoms with Gasteiger partial charge in [0.25, 0.3) is 0 Å².